The Hall–Kier alpha value is -2.67. The number of hydrogen-bond acceptors (Lipinski definition) is 5. The number of aromatic nitrogens is 1. The number of benzene rings is 1. The van der Waals surface area contributed by atoms with Gasteiger partial charge in [0, 0.05) is 11.3 Å². The van der Waals surface area contributed by atoms with Crippen LogP contribution in [0.15, 0.2) is 18.2 Å². The molecule has 1 saturated carbocycles. The fourth-order valence-electron chi connectivity index (χ4n) is 4.32. The first kappa shape index (κ1) is 23.5. The number of piperidine rings is 1. The molecule has 1 aromatic carbocycles. The van der Waals surface area contributed by atoms with Gasteiger partial charge < -0.3 is 20.7 Å². The predicted octanol–water partition coefficient (Wildman–Crippen LogP) is 2.58. The Bertz CT molecular complexity index is 1080. The average molecular weight is 476 g/mol. The number of fused-ring (bicyclic) bond motifs is 1. The maximum Gasteiger partial charge on any atom is 0.268 e. The van der Waals surface area contributed by atoms with Gasteiger partial charge in [0.05, 0.1) is 11.6 Å². The molecule has 1 aliphatic heterocycles. The summed E-state index contributed by atoms with van der Waals surface area (Å²) < 4.78 is 13.7. The van der Waals surface area contributed by atoms with Gasteiger partial charge in [0.25, 0.3) is 5.91 Å². The van der Waals surface area contributed by atoms with Gasteiger partial charge in [0.1, 0.15) is 34.8 Å². The molecule has 2 fully saturated rings. The minimum atomic E-state index is -0.811. The maximum atomic E-state index is 13.7. The molecule has 4 rings (SSSR count). The standard InChI is InChI=1S/C23H27ClFN5O3/c24-19-16(25)6-5-13-10-18(29-20(13)19)23(33)30-17(8-12-3-4-12)22(32)28-15(11-26)9-14-2-1-7-27-21(14)31/h5-6,10,12,14-15,17,21,27,29,31H,1-4,7-9H2,(H,28,32)(H,30,33)/t14-,15-,17-,21?/m0/s1. The van der Waals surface area contributed by atoms with Gasteiger partial charge in [0.2, 0.25) is 5.91 Å². The van der Waals surface area contributed by atoms with Crippen molar-refractivity contribution in [1.82, 2.24) is 20.9 Å². The van der Waals surface area contributed by atoms with Crippen molar-refractivity contribution in [2.24, 2.45) is 11.8 Å². The second-order valence-electron chi connectivity index (χ2n) is 8.94. The van der Waals surface area contributed by atoms with Crippen molar-refractivity contribution in [3.8, 4) is 6.07 Å². The fourth-order valence-corrected chi connectivity index (χ4v) is 4.54. The number of nitriles is 1. The van der Waals surface area contributed by atoms with E-state index in [1.54, 1.807) is 6.07 Å². The van der Waals surface area contributed by atoms with Crippen LogP contribution in [-0.4, -0.2) is 46.8 Å². The highest BCUT2D eigenvalue weighted by molar-refractivity contribution is 6.35. The lowest BCUT2D eigenvalue weighted by Crippen LogP contribution is -2.51. The number of aliphatic hydroxyl groups is 1. The van der Waals surface area contributed by atoms with E-state index in [2.05, 4.69) is 27.0 Å². The van der Waals surface area contributed by atoms with Gasteiger partial charge in [-0.1, -0.05) is 24.4 Å². The van der Waals surface area contributed by atoms with Gasteiger partial charge in [-0.25, -0.2) is 4.39 Å². The molecule has 0 radical (unpaired) electrons. The second kappa shape index (κ2) is 10.1. The first-order valence-corrected chi connectivity index (χ1v) is 11.6. The molecule has 8 nitrogen and oxygen atoms in total. The molecule has 0 bridgehead atoms. The molecule has 2 amide bonds. The second-order valence-corrected chi connectivity index (χ2v) is 9.32. The molecule has 1 saturated heterocycles. The molecule has 176 valence electrons. The van der Waals surface area contributed by atoms with Crippen molar-refractivity contribution in [2.45, 2.75) is 56.8 Å². The zero-order valence-corrected chi connectivity index (χ0v) is 18.8. The molecule has 5 N–H and O–H groups in total. The molecular formula is C23H27ClFN5O3. The van der Waals surface area contributed by atoms with E-state index in [0.29, 0.717) is 29.7 Å². The third-order valence-corrected chi connectivity index (χ3v) is 6.75. The highest BCUT2D eigenvalue weighted by Crippen LogP contribution is 2.34. The predicted molar refractivity (Wildman–Crippen MR) is 121 cm³/mol. The van der Waals surface area contributed by atoms with E-state index in [4.69, 9.17) is 11.6 Å². The van der Waals surface area contributed by atoms with Crippen LogP contribution in [0.2, 0.25) is 5.02 Å². The Morgan fingerprint density at radius 2 is 2.06 bits per heavy atom. The Morgan fingerprint density at radius 1 is 1.27 bits per heavy atom. The molecule has 10 heteroatoms. The molecule has 1 unspecified atom stereocenters. The van der Waals surface area contributed by atoms with E-state index in [-0.39, 0.29) is 16.6 Å². The summed E-state index contributed by atoms with van der Waals surface area (Å²) in [6, 6.07) is 4.81. The van der Waals surface area contributed by atoms with E-state index in [1.165, 1.54) is 12.1 Å². The van der Waals surface area contributed by atoms with Crippen molar-refractivity contribution in [3.05, 3.63) is 34.7 Å². The normalized spacial score (nSPS) is 22.4. The fraction of sp³-hybridized carbons (Fsp3) is 0.522. The van der Waals surface area contributed by atoms with Gasteiger partial charge in [-0.3, -0.25) is 14.9 Å². The topological polar surface area (TPSA) is 130 Å². The number of carbonyl (C=O) groups excluding carboxylic acids is 2. The Labute approximate surface area is 195 Å². The summed E-state index contributed by atoms with van der Waals surface area (Å²) in [5.41, 5.74) is 0.480. The van der Waals surface area contributed by atoms with Crippen LogP contribution in [0.25, 0.3) is 10.9 Å². The van der Waals surface area contributed by atoms with Crippen LogP contribution in [0.3, 0.4) is 0 Å². The number of nitrogens with zero attached hydrogens (tertiary/aromatic N) is 1. The van der Waals surface area contributed by atoms with E-state index < -0.39 is 35.9 Å². The van der Waals surface area contributed by atoms with E-state index >= 15 is 0 Å². The minimum Gasteiger partial charge on any atom is -0.378 e. The minimum absolute atomic E-state index is 0.102. The summed E-state index contributed by atoms with van der Waals surface area (Å²) in [7, 11) is 0. The first-order chi connectivity index (χ1) is 15.9. The molecule has 0 spiro atoms. The quantitative estimate of drug-likeness (QED) is 0.400. The van der Waals surface area contributed by atoms with Crippen LogP contribution in [0.5, 0.6) is 0 Å². The maximum absolute atomic E-state index is 13.7. The first-order valence-electron chi connectivity index (χ1n) is 11.2. The lowest BCUT2D eigenvalue weighted by atomic mass is 9.91. The van der Waals surface area contributed by atoms with Gasteiger partial charge in [-0.05, 0) is 56.3 Å². The summed E-state index contributed by atoms with van der Waals surface area (Å²) >= 11 is 5.99. The van der Waals surface area contributed by atoms with Crippen molar-refractivity contribution >= 4 is 34.3 Å². The number of H-pyrrole nitrogens is 1. The lowest BCUT2D eigenvalue weighted by Gasteiger charge is -2.30. The molecular weight excluding hydrogens is 449 g/mol. The van der Waals surface area contributed by atoms with Crippen molar-refractivity contribution in [1.29, 1.82) is 5.26 Å². The molecule has 2 heterocycles. The van der Waals surface area contributed by atoms with Gasteiger partial charge in [0.15, 0.2) is 0 Å². The van der Waals surface area contributed by atoms with E-state index in [0.717, 1.165) is 32.2 Å². The lowest BCUT2D eigenvalue weighted by molar-refractivity contribution is -0.123. The number of halogens is 2. The SMILES string of the molecule is N#C[C@H](C[C@@H]1CCCNC1O)NC(=O)[C@H](CC1CC1)NC(=O)c1cc2ccc(F)c(Cl)c2[nH]1. The van der Waals surface area contributed by atoms with Gasteiger partial charge in [-0.2, -0.15) is 5.26 Å². The van der Waals surface area contributed by atoms with Crippen molar-refractivity contribution in [3.63, 3.8) is 0 Å². The monoisotopic (exact) mass is 475 g/mol. The van der Waals surface area contributed by atoms with Crippen molar-refractivity contribution in [2.75, 3.05) is 6.54 Å². The zero-order chi connectivity index (χ0) is 23.5. The van der Waals surface area contributed by atoms with Gasteiger partial charge in [-0.15, -0.1) is 0 Å². The van der Waals surface area contributed by atoms with Crippen LogP contribution in [0, 0.1) is 29.0 Å². The number of hydrogen-bond donors (Lipinski definition) is 5. The summed E-state index contributed by atoms with van der Waals surface area (Å²) in [5.74, 6) is -1.32. The molecule has 1 aromatic heterocycles. The van der Waals surface area contributed by atoms with Crippen LogP contribution < -0.4 is 16.0 Å². The number of carbonyl (C=O) groups is 2. The average Bonchev–Trinajstić information content (AvgIpc) is 3.51. The number of aromatic amines is 1. The molecule has 1 aliphatic carbocycles. The summed E-state index contributed by atoms with van der Waals surface area (Å²) in [4.78, 5) is 28.7. The number of aliphatic hydroxyl groups excluding tert-OH is 1. The largest absolute Gasteiger partial charge is 0.378 e. The van der Waals surface area contributed by atoms with Gasteiger partial charge >= 0.3 is 0 Å². The van der Waals surface area contributed by atoms with E-state index in [1.807, 2.05) is 0 Å². The molecule has 2 aliphatic rings. The molecule has 4 atom stereocenters. The smallest absolute Gasteiger partial charge is 0.268 e. The summed E-state index contributed by atoms with van der Waals surface area (Å²) in [6.07, 6.45) is 3.74. The van der Waals surface area contributed by atoms with Crippen LogP contribution >= 0.6 is 11.6 Å². The Balaban J connectivity index is 1.43. The highest BCUT2D eigenvalue weighted by atomic mass is 35.5. The Morgan fingerprint density at radius 3 is 2.76 bits per heavy atom. The zero-order valence-electron chi connectivity index (χ0n) is 18.0. The Kier molecular flexibility index (Phi) is 7.17. The third-order valence-electron chi connectivity index (χ3n) is 6.38. The summed E-state index contributed by atoms with van der Waals surface area (Å²) in [5, 5.41) is 28.6. The summed E-state index contributed by atoms with van der Waals surface area (Å²) in [6.45, 7) is 0.725. The third kappa shape index (κ3) is 5.64. The van der Waals surface area contributed by atoms with Crippen LogP contribution in [0.4, 0.5) is 4.39 Å². The number of nitrogens with one attached hydrogen (secondary N) is 4. The number of amides is 2. The van der Waals surface area contributed by atoms with E-state index in [9.17, 15) is 24.3 Å². The molecule has 2 aromatic rings. The highest BCUT2D eigenvalue weighted by Gasteiger charge is 2.33. The van der Waals surface area contributed by atoms with Crippen LogP contribution in [0.1, 0.15) is 49.0 Å². The molecule has 33 heavy (non-hydrogen) atoms. The number of rotatable bonds is 8. The van der Waals surface area contributed by atoms with Crippen LogP contribution in [-0.2, 0) is 4.79 Å². The van der Waals surface area contributed by atoms with Crippen molar-refractivity contribution < 1.29 is 19.1 Å².